The topological polar surface area (TPSA) is 186 Å². The first-order valence-electron chi connectivity index (χ1n) is 10.1. The first-order chi connectivity index (χ1) is 15.7. The zero-order valence-electron chi connectivity index (χ0n) is 18.4. The highest BCUT2D eigenvalue weighted by atomic mass is 16.7. The second-order valence-corrected chi connectivity index (χ2v) is 7.71. The van der Waals surface area contributed by atoms with Crippen molar-refractivity contribution in [2.45, 2.75) is 48.7 Å². The summed E-state index contributed by atoms with van der Waals surface area (Å²) in [4.78, 5) is 0. The van der Waals surface area contributed by atoms with Gasteiger partial charge < -0.3 is 63.8 Å². The van der Waals surface area contributed by atoms with Gasteiger partial charge in [0.05, 0.1) is 41.2 Å². The van der Waals surface area contributed by atoms with Crippen molar-refractivity contribution >= 4 is 0 Å². The van der Waals surface area contributed by atoms with Crippen LogP contribution in [0.15, 0.2) is 12.1 Å². The van der Waals surface area contributed by atoms with Gasteiger partial charge in [-0.2, -0.15) is 0 Å². The molecule has 2 fully saturated rings. The van der Waals surface area contributed by atoms with E-state index in [0.29, 0.717) is 5.75 Å². The van der Waals surface area contributed by atoms with Gasteiger partial charge in [0.2, 0.25) is 12.0 Å². The zero-order valence-corrected chi connectivity index (χ0v) is 18.4. The molecule has 0 saturated carbocycles. The number of hydrogen-bond acceptors (Lipinski definition) is 13. The smallest absolute Gasteiger partial charge is 0.229 e. The highest BCUT2D eigenvalue weighted by molar-refractivity contribution is 5.56. The van der Waals surface area contributed by atoms with Crippen LogP contribution in [0.1, 0.15) is 0 Å². The van der Waals surface area contributed by atoms with Crippen molar-refractivity contribution in [2.75, 3.05) is 41.2 Å². The molecule has 2 heterocycles. The van der Waals surface area contributed by atoms with Crippen molar-refractivity contribution in [2.24, 2.45) is 0 Å². The lowest BCUT2D eigenvalue weighted by atomic mass is 9.99. The van der Waals surface area contributed by atoms with Crippen LogP contribution in [0.5, 0.6) is 23.0 Å². The van der Waals surface area contributed by atoms with E-state index in [-0.39, 0.29) is 23.9 Å². The van der Waals surface area contributed by atoms with E-state index in [1.54, 1.807) is 0 Å². The minimum atomic E-state index is -1.89. The van der Waals surface area contributed by atoms with Crippen LogP contribution in [0.25, 0.3) is 0 Å². The Hall–Kier alpha value is -1.94. The molecule has 13 heteroatoms. The zero-order chi connectivity index (χ0) is 24.3. The van der Waals surface area contributed by atoms with Gasteiger partial charge in [0.25, 0.3) is 0 Å². The summed E-state index contributed by atoms with van der Waals surface area (Å²) in [6.45, 7) is -1.53. The lowest BCUT2D eigenvalue weighted by Gasteiger charge is -2.40. The number of aliphatic hydroxyl groups excluding tert-OH is 5. The molecule has 1 aromatic carbocycles. The van der Waals surface area contributed by atoms with Crippen LogP contribution in [0, 0.1) is 0 Å². The summed E-state index contributed by atoms with van der Waals surface area (Å²) in [6.07, 6.45) is -10.5. The lowest BCUT2D eigenvalue weighted by Crippen LogP contribution is -2.60. The monoisotopic (exact) mass is 478 g/mol. The van der Waals surface area contributed by atoms with Crippen molar-refractivity contribution in [3.05, 3.63) is 12.1 Å². The van der Waals surface area contributed by atoms with Gasteiger partial charge in [-0.05, 0) is 0 Å². The molecule has 33 heavy (non-hydrogen) atoms. The summed E-state index contributed by atoms with van der Waals surface area (Å²) in [5.41, 5.74) is -1.89. The molecule has 0 aliphatic carbocycles. The molecule has 1 aromatic rings. The fraction of sp³-hybridized carbons (Fsp3) is 0.700. The van der Waals surface area contributed by atoms with Gasteiger partial charge in [0.15, 0.2) is 17.8 Å². The number of methoxy groups -OCH3 is 3. The maximum atomic E-state index is 10.4. The molecule has 0 amide bonds. The van der Waals surface area contributed by atoms with E-state index < -0.39 is 61.9 Å². The minimum absolute atomic E-state index is 0.0515. The highest BCUT2D eigenvalue weighted by Crippen LogP contribution is 2.42. The third-order valence-corrected chi connectivity index (χ3v) is 5.58. The molecule has 6 N–H and O–H groups in total. The van der Waals surface area contributed by atoms with Gasteiger partial charge in [-0.3, -0.25) is 0 Å². The molecular formula is C20H30O13. The second kappa shape index (κ2) is 10.5. The summed E-state index contributed by atoms with van der Waals surface area (Å²) in [5.74, 6) is 0.860. The molecule has 2 aliphatic heterocycles. The Morgan fingerprint density at radius 1 is 0.939 bits per heavy atom. The molecule has 2 aliphatic rings. The molecule has 0 aromatic heterocycles. The van der Waals surface area contributed by atoms with Crippen molar-refractivity contribution in [3.63, 3.8) is 0 Å². The third kappa shape index (κ3) is 5.11. The third-order valence-electron chi connectivity index (χ3n) is 5.58. The summed E-state index contributed by atoms with van der Waals surface area (Å²) >= 11 is 0. The molecular weight excluding hydrogens is 448 g/mol. The fourth-order valence-corrected chi connectivity index (χ4v) is 3.48. The molecule has 13 nitrogen and oxygen atoms in total. The lowest BCUT2D eigenvalue weighted by molar-refractivity contribution is -0.289. The van der Waals surface area contributed by atoms with Crippen molar-refractivity contribution in [1.29, 1.82) is 0 Å². The van der Waals surface area contributed by atoms with E-state index in [1.165, 1.54) is 33.5 Å². The Morgan fingerprint density at radius 2 is 1.58 bits per heavy atom. The maximum absolute atomic E-state index is 10.4. The first kappa shape index (κ1) is 25.7. The minimum Gasteiger partial charge on any atom is -0.496 e. The molecule has 188 valence electrons. The van der Waals surface area contributed by atoms with Crippen LogP contribution in [-0.4, -0.2) is 120 Å². The Kier molecular flexibility index (Phi) is 8.21. The molecule has 0 spiro atoms. The molecule has 0 radical (unpaired) electrons. The van der Waals surface area contributed by atoms with E-state index in [1.807, 2.05) is 0 Å². The van der Waals surface area contributed by atoms with Crippen LogP contribution >= 0.6 is 0 Å². The Bertz CT molecular complexity index is 766. The Balaban J connectivity index is 1.74. The SMILES string of the molecule is COc1cc(OC)c(O[C@@H]2O[C@H](CO[C@@H]3OCC(O)(CO)[C@H]3O)[C@@H](O)[C@@H](O)[C@H]2O)c(OC)c1. The van der Waals surface area contributed by atoms with E-state index in [4.69, 9.17) is 33.2 Å². The summed E-state index contributed by atoms with van der Waals surface area (Å²) in [5, 5.41) is 60.4. The van der Waals surface area contributed by atoms with E-state index >= 15 is 0 Å². The number of rotatable bonds is 9. The van der Waals surface area contributed by atoms with Gasteiger partial charge in [0, 0.05) is 12.1 Å². The largest absolute Gasteiger partial charge is 0.496 e. The van der Waals surface area contributed by atoms with Crippen LogP contribution < -0.4 is 18.9 Å². The number of hydrogen-bond donors (Lipinski definition) is 6. The second-order valence-electron chi connectivity index (χ2n) is 7.71. The van der Waals surface area contributed by atoms with Gasteiger partial charge in [-0.15, -0.1) is 0 Å². The number of ether oxygens (including phenoxy) is 7. The Morgan fingerprint density at radius 3 is 2.09 bits per heavy atom. The van der Waals surface area contributed by atoms with E-state index in [2.05, 4.69) is 0 Å². The summed E-state index contributed by atoms with van der Waals surface area (Å²) in [7, 11) is 4.22. The quantitative estimate of drug-likeness (QED) is 0.216. The maximum Gasteiger partial charge on any atom is 0.229 e. The standard InChI is InChI=1S/C20H30O13/c1-27-9-4-10(28-2)16(11(5-9)29-3)33-18-15(24)14(23)13(22)12(32-18)6-30-19-17(25)20(26,7-21)8-31-19/h4-5,12-15,17-19,21-26H,6-8H2,1-3H3/t12-,13-,14-,15-,17+,18+,19-,20?/m1/s1. The molecule has 8 atom stereocenters. The van der Waals surface area contributed by atoms with Gasteiger partial charge in [-0.25, -0.2) is 0 Å². The van der Waals surface area contributed by atoms with Crippen molar-refractivity contribution < 1.29 is 63.8 Å². The Labute approximate surface area is 189 Å². The molecule has 3 rings (SSSR count). The molecule has 2 saturated heterocycles. The molecule has 0 bridgehead atoms. The number of benzene rings is 1. The van der Waals surface area contributed by atoms with Crippen molar-refractivity contribution in [3.8, 4) is 23.0 Å². The average Bonchev–Trinajstić information content (AvgIpc) is 3.12. The number of aliphatic hydroxyl groups is 6. The highest BCUT2D eigenvalue weighted by Gasteiger charge is 2.50. The summed E-state index contributed by atoms with van der Waals surface area (Å²) < 4.78 is 37.6. The normalized spacial score (nSPS) is 36.5. The van der Waals surface area contributed by atoms with Crippen LogP contribution in [0.4, 0.5) is 0 Å². The van der Waals surface area contributed by atoms with Gasteiger partial charge in [-0.1, -0.05) is 0 Å². The van der Waals surface area contributed by atoms with E-state index in [0.717, 1.165) is 0 Å². The predicted octanol–water partition coefficient (Wildman–Crippen LogP) is -2.64. The first-order valence-corrected chi connectivity index (χ1v) is 10.1. The van der Waals surface area contributed by atoms with Crippen molar-refractivity contribution in [1.82, 2.24) is 0 Å². The van der Waals surface area contributed by atoms with Gasteiger partial charge >= 0.3 is 0 Å². The van der Waals surface area contributed by atoms with Crippen LogP contribution in [-0.2, 0) is 14.2 Å². The fourth-order valence-electron chi connectivity index (χ4n) is 3.48. The van der Waals surface area contributed by atoms with E-state index in [9.17, 15) is 30.6 Å². The summed E-state index contributed by atoms with van der Waals surface area (Å²) in [6, 6.07) is 3.03. The van der Waals surface area contributed by atoms with Crippen LogP contribution in [0.2, 0.25) is 0 Å². The average molecular weight is 478 g/mol. The van der Waals surface area contributed by atoms with Crippen LogP contribution in [0.3, 0.4) is 0 Å². The predicted molar refractivity (Wildman–Crippen MR) is 107 cm³/mol. The molecule has 1 unspecified atom stereocenters. The van der Waals surface area contributed by atoms with Gasteiger partial charge in [0.1, 0.15) is 41.9 Å².